The molecule has 0 fully saturated rings. The predicted octanol–water partition coefficient (Wildman–Crippen LogP) is 9.15. The average molecular weight is 457 g/mol. The van der Waals surface area contributed by atoms with Gasteiger partial charge in [0.2, 0.25) is 0 Å². The van der Waals surface area contributed by atoms with E-state index in [1.807, 2.05) is 0 Å². The van der Waals surface area contributed by atoms with Gasteiger partial charge in [-0.15, -0.1) is 0 Å². The summed E-state index contributed by atoms with van der Waals surface area (Å²) in [5.41, 5.74) is 11.7. The van der Waals surface area contributed by atoms with Crippen molar-refractivity contribution < 1.29 is 0 Å². The Balaban J connectivity index is 0.000000161. The van der Waals surface area contributed by atoms with Crippen LogP contribution in [0.15, 0.2) is 121 Å². The monoisotopic (exact) mass is 456 g/mol. The number of hydrogen-bond acceptors (Lipinski definition) is 0. The summed E-state index contributed by atoms with van der Waals surface area (Å²) in [7, 11) is 0. The second-order valence-corrected chi connectivity index (χ2v) is 9.18. The lowest BCUT2D eigenvalue weighted by molar-refractivity contribution is 0.854. The van der Waals surface area contributed by atoms with Crippen LogP contribution in [0.2, 0.25) is 0 Å². The zero-order valence-electron chi connectivity index (χ0n) is 19.8. The average Bonchev–Trinajstić information content (AvgIpc) is 3.50. The first-order valence-corrected chi connectivity index (χ1v) is 12.5. The molecule has 2 aliphatic carbocycles. The summed E-state index contributed by atoms with van der Waals surface area (Å²) < 4.78 is 0. The molecule has 0 atom stereocenters. The summed E-state index contributed by atoms with van der Waals surface area (Å²) in [6, 6.07) is 39.0. The minimum absolute atomic E-state index is 0. The lowest BCUT2D eigenvalue weighted by atomic mass is 9.99. The van der Waals surface area contributed by atoms with E-state index in [2.05, 4.69) is 121 Å². The van der Waals surface area contributed by atoms with Gasteiger partial charge in [-0.1, -0.05) is 129 Å². The van der Waals surface area contributed by atoms with Crippen LogP contribution in [-0.4, -0.2) is 0 Å². The van der Waals surface area contributed by atoms with Gasteiger partial charge >= 0.3 is 0 Å². The Morgan fingerprint density at radius 2 is 0.943 bits per heavy atom. The lowest BCUT2D eigenvalue weighted by Gasteiger charge is -2.06. The van der Waals surface area contributed by atoms with Gasteiger partial charge in [-0.3, -0.25) is 0 Å². The first kappa shape index (κ1) is 24.5. The van der Waals surface area contributed by atoms with Crippen LogP contribution in [0.25, 0.3) is 11.1 Å². The van der Waals surface area contributed by atoms with E-state index in [4.69, 9.17) is 0 Å². The fourth-order valence-corrected chi connectivity index (χ4v) is 5.06. The number of aryl methyl sites for hydroxylation is 1. The topological polar surface area (TPSA) is 0 Å². The van der Waals surface area contributed by atoms with Crippen LogP contribution in [0.4, 0.5) is 0 Å². The second kappa shape index (κ2) is 12.2. The van der Waals surface area contributed by atoms with Crippen molar-refractivity contribution in [1.82, 2.24) is 0 Å². The summed E-state index contributed by atoms with van der Waals surface area (Å²) >= 11 is 0. The van der Waals surface area contributed by atoms with Crippen molar-refractivity contribution in [2.24, 2.45) is 0 Å². The largest absolute Gasteiger partial charge is 0.0776 e. The standard InChI is InChI=1S/C18H18.C16H14.CH4/c1-2-7-15(8-3-1)9-6-11-17-14-13-16-10-4-5-12-18(16)17;1-2-6-13(7-3-1)12-15-11-10-14-8-4-5-9-16(14)15;/h1-5,7-8,10,12,14H,6,9,11,13H2;1-9,11H,10,12H2;1H4. The fraction of sp³-hybridized carbons (Fsp3) is 0.200. The van der Waals surface area contributed by atoms with E-state index in [0.29, 0.717) is 0 Å². The zero-order chi connectivity index (χ0) is 23.0. The molecule has 0 aromatic heterocycles. The third-order valence-electron chi connectivity index (χ3n) is 6.86. The fourth-order valence-electron chi connectivity index (χ4n) is 5.06. The van der Waals surface area contributed by atoms with E-state index in [1.165, 1.54) is 58.2 Å². The van der Waals surface area contributed by atoms with Gasteiger partial charge in [0, 0.05) is 0 Å². The molecule has 0 aliphatic heterocycles. The highest BCUT2D eigenvalue weighted by Gasteiger charge is 2.13. The smallest absolute Gasteiger partial charge is 0.00228 e. The van der Waals surface area contributed by atoms with Gasteiger partial charge in [-0.05, 0) is 83.1 Å². The van der Waals surface area contributed by atoms with Gasteiger partial charge in [-0.2, -0.15) is 0 Å². The Morgan fingerprint density at radius 1 is 0.457 bits per heavy atom. The lowest BCUT2D eigenvalue weighted by Crippen LogP contribution is -1.88. The molecule has 0 radical (unpaired) electrons. The molecular weight excluding hydrogens is 420 g/mol. The highest BCUT2D eigenvalue weighted by atomic mass is 14.2. The first-order valence-electron chi connectivity index (χ1n) is 12.5. The molecule has 0 heterocycles. The SMILES string of the molecule is C.C1=C(CCCc2ccccc2)c2ccccc2C1.C1=C(Cc2ccccc2)c2ccccc2C1. The van der Waals surface area contributed by atoms with Crippen LogP contribution >= 0.6 is 0 Å². The number of fused-ring (bicyclic) bond motifs is 2. The molecule has 0 spiro atoms. The molecule has 0 N–H and O–H groups in total. The number of rotatable bonds is 6. The Morgan fingerprint density at radius 3 is 1.57 bits per heavy atom. The van der Waals surface area contributed by atoms with Crippen LogP contribution in [0.3, 0.4) is 0 Å². The highest BCUT2D eigenvalue weighted by Crippen LogP contribution is 2.31. The van der Waals surface area contributed by atoms with Gasteiger partial charge in [0.05, 0.1) is 0 Å². The minimum atomic E-state index is 0. The van der Waals surface area contributed by atoms with Gasteiger partial charge in [0.25, 0.3) is 0 Å². The molecular formula is C35H36. The zero-order valence-corrected chi connectivity index (χ0v) is 19.8. The van der Waals surface area contributed by atoms with Crippen molar-refractivity contribution in [3.05, 3.63) is 155 Å². The van der Waals surface area contributed by atoms with Gasteiger partial charge < -0.3 is 0 Å². The molecule has 0 saturated carbocycles. The molecule has 6 rings (SSSR count). The summed E-state index contributed by atoms with van der Waals surface area (Å²) in [6.07, 6.45) is 11.6. The highest BCUT2D eigenvalue weighted by molar-refractivity contribution is 5.74. The van der Waals surface area contributed by atoms with Crippen LogP contribution in [0.5, 0.6) is 0 Å². The van der Waals surface area contributed by atoms with E-state index in [-0.39, 0.29) is 7.43 Å². The maximum atomic E-state index is 2.40. The van der Waals surface area contributed by atoms with Crippen molar-refractivity contribution in [1.29, 1.82) is 0 Å². The van der Waals surface area contributed by atoms with Gasteiger partial charge in [0.1, 0.15) is 0 Å². The van der Waals surface area contributed by atoms with Crippen LogP contribution in [0.1, 0.15) is 53.6 Å². The van der Waals surface area contributed by atoms with Crippen molar-refractivity contribution >= 4 is 11.1 Å². The Bertz CT molecular complexity index is 1280. The van der Waals surface area contributed by atoms with Crippen LogP contribution in [0, 0.1) is 0 Å². The van der Waals surface area contributed by atoms with E-state index in [9.17, 15) is 0 Å². The molecule has 0 unspecified atom stereocenters. The number of benzene rings is 4. The normalized spacial score (nSPS) is 12.9. The van der Waals surface area contributed by atoms with Crippen molar-refractivity contribution in [3.63, 3.8) is 0 Å². The van der Waals surface area contributed by atoms with Crippen LogP contribution < -0.4 is 0 Å². The van der Waals surface area contributed by atoms with Crippen molar-refractivity contribution in [2.45, 2.75) is 46.0 Å². The second-order valence-electron chi connectivity index (χ2n) is 9.18. The minimum Gasteiger partial charge on any atom is -0.0776 e. The molecule has 0 bridgehead atoms. The third kappa shape index (κ3) is 6.28. The van der Waals surface area contributed by atoms with E-state index in [1.54, 1.807) is 5.57 Å². The van der Waals surface area contributed by atoms with E-state index < -0.39 is 0 Å². The summed E-state index contributed by atoms with van der Waals surface area (Å²) in [6.45, 7) is 0. The summed E-state index contributed by atoms with van der Waals surface area (Å²) in [5, 5.41) is 0. The molecule has 4 aromatic rings. The van der Waals surface area contributed by atoms with Crippen LogP contribution in [-0.2, 0) is 25.7 Å². The molecule has 0 saturated heterocycles. The molecule has 0 nitrogen and oxygen atoms in total. The van der Waals surface area contributed by atoms with Gasteiger partial charge in [0.15, 0.2) is 0 Å². The van der Waals surface area contributed by atoms with E-state index >= 15 is 0 Å². The first-order chi connectivity index (χ1) is 16.9. The molecule has 0 heteroatoms. The maximum absolute atomic E-state index is 2.40. The quantitative estimate of drug-likeness (QED) is 0.271. The van der Waals surface area contributed by atoms with Crippen molar-refractivity contribution in [3.8, 4) is 0 Å². The summed E-state index contributed by atoms with van der Waals surface area (Å²) in [4.78, 5) is 0. The van der Waals surface area contributed by atoms with E-state index in [0.717, 1.165) is 19.3 Å². The Labute approximate surface area is 211 Å². The van der Waals surface area contributed by atoms with Crippen molar-refractivity contribution in [2.75, 3.05) is 0 Å². The van der Waals surface area contributed by atoms with Gasteiger partial charge in [-0.25, -0.2) is 0 Å². The molecule has 4 aromatic carbocycles. The molecule has 176 valence electrons. The third-order valence-corrected chi connectivity index (χ3v) is 6.86. The summed E-state index contributed by atoms with van der Waals surface area (Å²) in [5.74, 6) is 0. The Kier molecular flexibility index (Phi) is 8.52. The number of hydrogen-bond donors (Lipinski definition) is 0. The molecule has 35 heavy (non-hydrogen) atoms. The molecule has 2 aliphatic rings. The Hall–Kier alpha value is -3.64. The number of allylic oxidation sites excluding steroid dienone is 4. The predicted molar refractivity (Wildman–Crippen MR) is 153 cm³/mol. The molecule has 0 amide bonds. The maximum Gasteiger partial charge on any atom is -0.00228 e.